The maximum atomic E-state index is 12.1. The fraction of sp³-hybridized carbons (Fsp3) is 0.364. The van der Waals surface area contributed by atoms with E-state index in [4.69, 9.17) is 14.7 Å². The van der Waals surface area contributed by atoms with Crippen molar-refractivity contribution in [3.05, 3.63) is 29.8 Å². The third kappa shape index (κ3) is 2.78. The van der Waals surface area contributed by atoms with Crippen molar-refractivity contribution < 1.29 is 19.5 Å². The Morgan fingerprint density at radius 2 is 1.88 bits per heavy atom. The van der Waals surface area contributed by atoms with Crippen LogP contribution in [0.2, 0.25) is 0 Å². The third-order valence-electron chi connectivity index (χ3n) is 2.74. The average Bonchev–Trinajstić information content (AvgIpc) is 2.81. The number of carbonyl (C=O) groups excluding carboxylic acids is 1. The maximum Gasteiger partial charge on any atom is 0.707 e. The smallest absolute Gasteiger partial charge is 0.511 e. The molecule has 0 bridgehead atoms. The molecule has 0 aliphatic carbocycles. The molecule has 90 valence electrons. The Labute approximate surface area is 99.8 Å². The Kier molecular flexibility index (Phi) is 3.66. The summed E-state index contributed by atoms with van der Waals surface area (Å²) in [6.07, 6.45) is 2.02. The first-order valence-corrected chi connectivity index (χ1v) is 5.59. The SMILES string of the molecule is O=C(c1ccccc1OB(O)O)N1CCCC1. The first-order chi connectivity index (χ1) is 8.18. The van der Waals surface area contributed by atoms with E-state index >= 15 is 0 Å². The number of hydrogen-bond acceptors (Lipinski definition) is 4. The minimum Gasteiger partial charge on any atom is -0.511 e. The highest BCUT2D eigenvalue weighted by molar-refractivity contribution is 6.34. The molecule has 1 saturated heterocycles. The Hall–Kier alpha value is -1.53. The van der Waals surface area contributed by atoms with Crippen LogP contribution in [0.4, 0.5) is 0 Å². The number of likely N-dealkylation sites (tertiary alicyclic amines) is 1. The molecule has 6 heteroatoms. The van der Waals surface area contributed by atoms with Crippen LogP contribution in [-0.4, -0.2) is 41.3 Å². The summed E-state index contributed by atoms with van der Waals surface area (Å²) >= 11 is 0. The summed E-state index contributed by atoms with van der Waals surface area (Å²) in [5.74, 6) is 0.0677. The molecule has 5 nitrogen and oxygen atoms in total. The molecule has 1 aromatic carbocycles. The predicted octanol–water partition coefficient (Wildman–Crippen LogP) is 0.271. The number of nitrogens with zero attached hydrogens (tertiary/aromatic N) is 1. The van der Waals surface area contributed by atoms with Gasteiger partial charge in [-0.25, -0.2) is 0 Å². The molecular formula is C11H14BNO4. The number of para-hydroxylation sites is 1. The molecule has 0 spiro atoms. The van der Waals surface area contributed by atoms with E-state index in [2.05, 4.69) is 0 Å². The summed E-state index contributed by atoms with van der Waals surface area (Å²) in [5, 5.41) is 17.6. The number of benzene rings is 1. The van der Waals surface area contributed by atoms with E-state index in [1.807, 2.05) is 0 Å². The molecule has 1 aliphatic heterocycles. The first kappa shape index (κ1) is 11.9. The summed E-state index contributed by atoms with van der Waals surface area (Å²) < 4.78 is 4.79. The van der Waals surface area contributed by atoms with E-state index in [0.29, 0.717) is 5.56 Å². The van der Waals surface area contributed by atoms with Crippen molar-refractivity contribution in [1.82, 2.24) is 4.90 Å². The van der Waals surface area contributed by atoms with Gasteiger partial charge in [0.2, 0.25) is 0 Å². The van der Waals surface area contributed by atoms with E-state index in [1.54, 1.807) is 29.2 Å². The van der Waals surface area contributed by atoms with Gasteiger partial charge in [-0.15, -0.1) is 0 Å². The second kappa shape index (κ2) is 5.20. The number of carbonyl (C=O) groups is 1. The van der Waals surface area contributed by atoms with Crippen LogP contribution in [-0.2, 0) is 0 Å². The fourth-order valence-corrected chi connectivity index (χ4v) is 1.95. The van der Waals surface area contributed by atoms with Crippen molar-refractivity contribution in [3.63, 3.8) is 0 Å². The number of hydrogen-bond donors (Lipinski definition) is 2. The van der Waals surface area contributed by atoms with Crippen molar-refractivity contribution in [1.29, 1.82) is 0 Å². The van der Waals surface area contributed by atoms with E-state index in [0.717, 1.165) is 25.9 Å². The van der Waals surface area contributed by atoms with Gasteiger partial charge in [0.15, 0.2) is 0 Å². The van der Waals surface area contributed by atoms with Gasteiger partial charge in [0.25, 0.3) is 5.91 Å². The molecule has 0 radical (unpaired) electrons. The van der Waals surface area contributed by atoms with Crippen molar-refractivity contribution in [2.45, 2.75) is 12.8 Å². The van der Waals surface area contributed by atoms with Crippen LogP contribution in [0.15, 0.2) is 24.3 Å². The lowest BCUT2D eigenvalue weighted by atomic mass is 10.1. The molecule has 0 unspecified atom stereocenters. The monoisotopic (exact) mass is 235 g/mol. The van der Waals surface area contributed by atoms with Crippen LogP contribution >= 0.6 is 0 Å². The Morgan fingerprint density at radius 3 is 2.53 bits per heavy atom. The van der Waals surface area contributed by atoms with Crippen molar-refractivity contribution in [2.24, 2.45) is 0 Å². The van der Waals surface area contributed by atoms with Gasteiger partial charge in [-0.05, 0) is 25.0 Å². The molecule has 0 atom stereocenters. The van der Waals surface area contributed by atoms with Gasteiger partial charge in [0, 0.05) is 13.1 Å². The normalized spacial score (nSPS) is 14.8. The fourth-order valence-electron chi connectivity index (χ4n) is 1.95. The molecule has 0 aromatic heterocycles. The largest absolute Gasteiger partial charge is 0.707 e. The second-order valence-corrected chi connectivity index (χ2v) is 3.94. The zero-order valence-electron chi connectivity index (χ0n) is 9.37. The molecule has 0 saturated carbocycles. The Bertz CT molecular complexity index is 404. The lowest BCUT2D eigenvalue weighted by molar-refractivity contribution is 0.0790. The summed E-state index contributed by atoms with van der Waals surface area (Å²) in [4.78, 5) is 13.9. The zero-order valence-corrected chi connectivity index (χ0v) is 9.37. The number of amides is 1. The standard InChI is InChI=1S/C11H14BNO4/c14-11(13-7-3-4-8-13)9-5-1-2-6-10(9)17-12(15)16/h1-2,5-6,15-16H,3-4,7-8H2. The zero-order chi connectivity index (χ0) is 12.3. The van der Waals surface area contributed by atoms with Crippen LogP contribution in [0, 0.1) is 0 Å². The molecular weight excluding hydrogens is 221 g/mol. The third-order valence-corrected chi connectivity index (χ3v) is 2.74. The molecule has 17 heavy (non-hydrogen) atoms. The van der Waals surface area contributed by atoms with Crippen LogP contribution in [0.1, 0.15) is 23.2 Å². The Balaban J connectivity index is 2.21. The molecule has 2 N–H and O–H groups in total. The van der Waals surface area contributed by atoms with E-state index in [1.165, 1.54) is 0 Å². The first-order valence-electron chi connectivity index (χ1n) is 5.59. The predicted molar refractivity (Wildman–Crippen MR) is 62.4 cm³/mol. The van der Waals surface area contributed by atoms with Gasteiger partial charge < -0.3 is 19.6 Å². The molecule has 1 aromatic rings. The summed E-state index contributed by atoms with van der Waals surface area (Å²) in [6, 6.07) is 6.57. The van der Waals surface area contributed by atoms with Crippen LogP contribution in [0.5, 0.6) is 5.75 Å². The summed E-state index contributed by atoms with van der Waals surface area (Å²) in [5.41, 5.74) is 0.363. The van der Waals surface area contributed by atoms with E-state index < -0.39 is 7.32 Å². The minimum atomic E-state index is -1.91. The van der Waals surface area contributed by atoms with Gasteiger partial charge in [0.05, 0.1) is 5.56 Å². The quantitative estimate of drug-likeness (QED) is 0.738. The van der Waals surface area contributed by atoms with Crippen molar-refractivity contribution >= 4 is 13.2 Å². The van der Waals surface area contributed by atoms with Gasteiger partial charge >= 0.3 is 7.32 Å². The lowest BCUT2D eigenvalue weighted by Gasteiger charge is -2.17. The summed E-state index contributed by atoms with van der Waals surface area (Å²) in [7, 11) is -1.91. The minimum absolute atomic E-state index is 0.126. The maximum absolute atomic E-state index is 12.1. The number of rotatable bonds is 3. The van der Waals surface area contributed by atoms with E-state index in [-0.39, 0.29) is 11.7 Å². The highest BCUT2D eigenvalue weighted by Crippen LogP contribution is 2.22. The van der Waals surface area contributed by atoms with Crippen LogP contribution in [0.25, 0.3) is 0 Å². The van der Waals surface area contributed by atoms with Crippen molar-refractivity contribution in [2.75, 3.05) is 13.1 Å². The van der Waals surface area contributed by atoms with Crippen LogP contribution in [0.3, 0.4) is 0 Å². The van der Waals surface area contributed by atoms with Gasteiger partial charge in [-0.3, -0.25) is 4.79 Å². The molecule has 1 amide bonds. The van der Waals surface area contributed by atoms with E-state index in [9.17, 15) is 4.79 Å². The molecule has 1 aliphatic rings. The molecule has 1 fully saturated rings. The topological polar surface area (TPSA) is 70.0 Å². The molecule has 2 rings (SSSR count). The molecule has 1 heterocycles. The summed E-state index contributed by atoms with van der Waals surface area (Å²) in [6.45, 7) is 1.49. The van der Waals surface area contributed by atoms with Gasteiger partial charge in [-0.2, -0.15) is 0 Å². The van der Waals surface area contributed by atoms with Gasteiger partial charge in [0.1, 0.15) is 5.75 Å². The van der Waals surface area contributed by atoms with Crippen LogP contribution < -0.4 is 4.65 Å². The van der Waals surface area contributed by atoms with Crippen molar-refractivity contribution in [3.8, 4) is 5.75 Å². The highest BCUT2D eigenvalue weighted by Gasteiger charge is 2.23. The van der Waals surface area contributed by atoms with Gasteiger partial charge in [-0.1, -0.05) is 12.1 Å². The average molecular weight is 235 g/mol. The highest BCUT2D eigenvalue weighted by atomic mass is 16.6. The second-order valence-electron chi connectivity index (χ2n) is 3.94. The lowest BCUT2D eigenvalue weighted by Crippen LogP contribution is -2.29. The Morgan fingerprint density at radius 1 is 1.24 bits per heavy atom.